The van der Waals surface area contributed by atoms with Gasteiger partial charge in [-0.15, -0.1) is 11.3 Å². The molecule has 6 heteroatoms. The molecule has 2 aromatic rings. The summed E-state index contributed by atoms with van der Waals surface area (Å²) >= 11 is 4.74. The third kappa shape index (κ3) is 3.01. The number of thiophene rings is 1. The molecule has 0 saturated carbocycles. The van der Waals surface area contributed by atoms with Gasteiger partial charge >= 0.3 is 0 Å². The third-order valence-electron chi connectivity index (χ3n) is 2.66. The van der Waals surface area contributed by atoms with Gasteiger partial charge in [-0.1, -0.05) is 13.0 Å². The fraction of sp³-hybridized carbons (Fsp3) is 0.231. The zero-order chi connectivity index (χ0) is 14.0. The lowest BCUT2D eigenvalue weighted by Gasteiger charge is -2.18. The Morgan fingerprint density at radius 2 is 2.00 bits per heavy atom. The second kappa shape index (κ2) is 6.07. The molecule has 1 nitrogen and oxygen atoms in total. The fourth-order valence-electron chi connectivity index (χ4n) is 1.81. The molecule has 0 amide bonds. The second-order valence-corrected chi connectivity index (χ2v) is 5.78. The Bertz CT molecular complexity index is 585. The van der Waals surface area contributed by atoms with Gasteiger partial charge in [0.2, 0.25) is 0 Å². The molecule has 0 aliphatic heterocycles. The molecule has 1 aromatic carbocycles. The second-order valence-electron chi connectivity index (χ2n) is 3.92. The standard InChI is InChI=1S/C13H11BrF3NS/c1-2-18-13(10-5-7(14)6-19-10)8-3-4-9(15)12(17)11(8)16/h3-6,13,18H,2H2,1H3. The third-order valence-corrected chi connectivity index (χ3v) is 4.41. The zero-order valence-corrected chi connectivity index (χ0v) is 12.4. The van der Waals surface area contributed by atoms with E-state index >= 15 is 0 Å². The van der Waals surface area contributed by atoms with Gasteiger partial charge in [-0.25, -0.2) is 13.2 Å². The van der Waals surface area contributed by atoms with Crippen LogP contribution in [0.5, 0.6) is 0 Å². The summed E-state index contributed by atoms with van der Waals surface area (Å²) in [5.41, 5.74) is 0.107. The van der Waals surface area contributed by atoms with Crippen LogP contribution in [0.15, 0.2) is 28.1 Å². The molecule has 1 N–H and O–H groups in total. The molecule has 102 valence electrons. The Morgan fingerprint density at radius 3 is 2.58 bits per heavy atom. The first-order chi connectivity index (χ1) is 9.04. The zero-order valence-electron chi connectivity index (χ0n) is 10.0. The number of hydrogen-bond donors (Lipinski definition) is 1. The molecule has 0 aliphatic rings. The Balaban J connectivity index is 2.48. The molecule has 1 heterocycles. The average Bonchev–Trinajstić information content (AvgIpc) is 2.81. The maximum absolute atomic E-state index is 13.9. The molecule has 0 aliphatic carbocycles. The minimum atomic E-state index is -1.43. The summed E-state index contributed by atoms with van der Waals surface area (Å²) in [6.07, 6.45) is 0. The lowest BCUT2D eigenvalue weighted by molar-refractivity contribution is 0.434. The highest BCUT2D eigenvalue weighted by molar-refractivity contribution is 9.10. The largest absolute Gasteiger partial charge is 0.306 e. The van der Waals surface area contributed by atoms with Crippen molar-refractivity contribution in [3.05, 3.63) is 55.9 Å². The highest BCUT2D eigenvalue weighted by Crippen LogP contribution is 2.32. The summed E-state index contributed by atoms with van der Waals surface area (Å²) in [7, 11) is 0. The Hall–Kier alpha value is -0.850. The van der Waals surface area contributed by atoms with E-state index in [9.17, 15) is 13.2 Å². The summed E-state index contributed by atoms with van der Waals surface area (Å²) in [4.78, 5) is 0.832. The Labute approximate surface area is 121 Å². The van der Waals surface area contributed by atoms with E-state index in [1.54, 1.807) is 0 Å². The molecular weight excluding hydrogens is 339 g/mol. The van der Waals surface area contributed by atoms with Crippen LogP contribution in [0.2, 0.25) is 0 Å². The van der Waals surface area contributed by atoms with E-state index in [1.807, 2.05) is 18.4 Å². The summed E-state index contributed by atoms with van der Waals surface area (Å²) < 4.78 is 41.0. The molecular formula is C13H11BrF3NS. The lowest BCUT2D eigenvalue weighted by Crippen LogP contribution is -2.22. The van der Waals surface area contributed by atoms with Gasteiger partial charge in [0, 0.05) is 20.3 Å². The average molecular weight is 350 g/mol. The molecule has 0 bridgehead atoms. The van der Waals surface area contributed by atoms with Crippen LogP contribution in [0.3, 0.4) is 0 Å². The predicted octanol–water partition coefficient (Wildman–Crippen LogP) is 4.63. The first kappa shape index (κ1) is 14.6. The molecule has 1 aromatic heterocycles. The number of rotatable bonds is 4. The number of halogens is 4. The predicted molar refractivity (Wildman–Crippen MR) is 73.9 cm³/mol. The first-order valence-electron chi connectivity index (χ1n) is 5.65. The van der Waals surface area contributed by atoms with Gasteiger partial charge in [-0.05, 0) is 34.6 Å². The highest BCUT2D eigenvalue weighted by Gasteiger charge is 2.22. The van der Waals surface area contributed by atoms with Crippen LogP contribution in [0, 0.1) is 17.5 Å². The van der Waals surface area contributed by atoms with Crippen molar-refractivity contribution in [1.29, 1.82) is 0 Å². The van der Waals surface area contributed by atoms with Crippen molar-refractivity contribution in [2.24, 2.45) is 0 Å². The number of hydrogen-bond acceptors (Lipinski definition) is 2. The first-order valence-corrected chi connectivity index (χ1v) is 7.32. The van der Waals surface area contributed by atoms with E-state index in [-0.39, 0.29) is 5.56 Å². The molecule has 2 rings (SSSR count). The highest BCUT2D eigenvalue weighted by atomic mass is 79.9. The van der Waals surface area contributed by atoms with Gasteiger partial charge in [-0.2, -0.15) is 0 Å². The van der Waals surface area contributed by atoms with E-state index < -0.39 is 23.5 Å². The molecule has 1 unspecified atom stereocenters. The van der Waals surface area contributed by atoms with E-state index in [2.05, 4.69) is 21.2 Å². The van der Waals surface area contributed by atoms with Crippen molar-refractivity contribution >= 4 is 27.3 Å². The maximum Gasteiger partial charge on any atom is 0.194 e. The van der Waals surface area contributed by atoms with Gasteiger partial charge in [-0.3, -0.25) is 0 Å². The van der Waals surface area contributed by atoms with Crippen LogP contribution < -0.4 is 5.32 Å². The normalized spacial score (nSPS) is 12.7. The van der Waals surface area contributed by atoms with Crippen LogP contribution in [-0.4, -0.2) is 6.54 Å². The van der Waals surface area contributed by atoms with E-state index in [0.29, 0.717) is 6.54 Å². The van der Waals surface area contributed by atoms with Crippen molar-refractivity contribution in [3.63, 3.8) is 0 Å². The van der Waals surface area contributed by atoms with Crippen molar-refractivity contribution < 1.29 is 13.2 Å². The van der Waals surface area contributed by atoms with E-state index in [4.69, 9.17) is 0 Å². The van der Waals surface area contributed by atoms with Crippen LogP contribution in [0.25, 0.3) is 0 Å². The molecule has 0 saturated heterocycles. The monoisotopic (exact) mass is 349 g/mol. The number of benzene rings is 1. The molecule has 0 spiro atoms. The minimum absolute atomic E-state index is 0.107. The topological polar surface area (TPSA) is 12.0 Å². The molecule has 0 fully saturated rings. The quantitative estimate of drug-likeness (QED) is 0.793. The Morgan fingerprint density at radius 1 is 1.26 bits per heavy atom. The molecule has 1 atom stereocenters. The van der Waals surface area contributed by atoms with Crippen LogP contribution in [-0.2, 0) is 0 Å². The molecule has 0 radical (unpaired) electrons. The van der Waals surface area contributed by atoms with Crippen molar-refractivity contribution in [3.8, 4) is 0 Å². The summed E-state index contributed by atoms with van der Waals surface area (Å²) in [6, 6.07) is 3.56. The van der Waals surface area contributed by atoms with Gasteiger partial charge in [0.25, 0.3) is 0 Å². The van der Waals surface area contributed by atoms with E-state index in [1.165, 1.54) is 17.4 Å². The number of nitrogens with one attached hydrogen (secondary N) is 1. The minimum Gasteiger partial charge on any atom is -0.306 e. The smallest absolute Gasteiger partial charge is 0.194 e. The van der Waals surface area contributed by atoms with Crippen LogP contribution >= 0.6 is 27.3 Å². The Kier molecular flexibility index (Phi) is 4.65. The fourth-order valence-corrected chi connectivity index (χ4v) is 3.35. The van der Waals surface area contributed by atoms with Crippen LogP contribution in [0.4, 0.5) is 13.2 Å². The summed E-state index contributed by atoms with van der Waals surface area (Å²) in [6.45, 7) is 2.45. The maximum atomic E-state index is 13.9. The van der Waals surface area contributed by atoms with Gasteiger partial charge in [0.1, 0.15) is 0 Å². The van der Waals surface area contributed by atoms with Crippen LogP contribution in [0.1, 0.15) is 23.4 Å². The SMILES string of the molecule is CCNC(c1cc(Br)cs1)c1ccc(F)c(F)c1F. The summed E-state index contributed by atoms with van der Waals surface area (Å²) in [5.74, 6) is -3.75. The van der Waals surface area contributed by atoms with Crippen molar-refractivity contribution in [2.75, 3.05) is 6.54 Å². The summed E-state index contributed by atoms with van der Waals surface area (Å²) in [5, 5.41) is 4.94. The molecule has 19 heavy (non-hydrogen) atoms. The van der Waals surface area contributed by atoms with Crippen molar-refractivity contribution in [2.45, 2.75) is 13.0 Å². The lowest BCUT2D eigenvalue weighted by atomic mass is 10.0. The van der Waals surface area contributed by atoms with E-state index in [0.717, 1.165) is 15.4 Å². The van der Waals surface area contributed by atoms with Gasteiger partial charge < -0.3 is 5.32 Å². The van der Waals surface area contributed by atoms with Crippen molar-refractivity contribution in [1.82, 2.24) is 5.32 Å². The van der Waals surface area contributed by atoms with Gasteiger partial charge in [0.05, 0.1) is 6.04 Å². The van der Waals surface area contributed by atoms with Gasteiger partial charge in [0.15, 0.2) is 17.5 Å².